The second-order valence-corrected chi connectivity index (χ2v) is 5.01. The van der Waals surface area contributed by atoms with Crippen molar-refractivity contribution in [2.75, 3.05) is 14.2 Å². The Balaban J connectivity index is 0.000000251. The molecule has 2 aromatic carbocycles. The highest BCUT2D eigenvalue weighted by Gasteiger charge is 2.11. The van der Waals surface area contributed by atoms with Crippen LogP contribution in [0.25, 0.3) is 0 Å². The normalized spacial score (nSPS) is 9.60. The fourth-order valence-electron chi connectivity index (χ4n) is 1.88. The van der Waals surface area contributed by atoms with Crippen molar-refractivity contribution < 1.29 is 34.4 Å². The van der Waals surface area contributed by atoms with E-state index < -0.39 is 11.9 Å². The molecule has 0 saturated heterocycles. The summed E-state index contributed by atoms with van der Waals surface area (Å²) in [6, 6.07) is 9.08. The maximum atomic E-state index is 11.0. The fraction of sp³-hybridized carbons (Fsp3) is 0.222. The molecular formula is C18H20O7. The number of aliphatic hydroxyl groups is 1. The average molecular weight is 348 g/mol. The SMILES string of the molecule is COC(=O)c1ccc(C)cc1O.COC(=O)c1ccc(CO)cc1O. The molecule has 0 aliphatic heterocycles. The number of aromatic hydroxyl groups is 2. The number of ether oxygens (including phenoxy) is 2. The van der Waals surface area contributed by atoms with Gasteiger partial charge in [0.25, 0.3) is 0 Å². The predicted octanol–water partition coefficient (Wildman–Crippen LogP) is 2.16. The minimum atomic E-state index is -0.595. The van der Waals surface area contributed by atoms with Gasteiger partial charge in [-0.05, 0) is 42.3 Å². The minimum absolute atomic E-state index is 0.0400. The molecule has 0 atom stereocenters. The number of esters is 2. The Morgan fingerprint density at radius 1 is 0.880 bits per heavy atom. The number of benzene rings is 2. The van der Waals surface area contributed by atoms with Gasteiger partial charge in [-0.15, -0.1) is 0 Å². The van der Waals surface area contributed by atoms with Gasteiger partial charge in [-0.1, -0.05) is 12.1 Å². The van der Waals surface area contributed by atoms with Gasteiger partial charge in [0.2, 0.25) is 0 Å². The van der Waals surface area contributed by atoms with Crippen molar-refractivity contribution in [1.82, 2.24) is 0 Å². The maximum Gasteiger partial charge on any atom is 0.341 e. The fourth-order valence-corrected chi connectivity index (χ4v) is 1.88. The smallest absolute Gasteiger partial charge is 0.341 e. The summed E-state index contributed by atoms with van der Waals surface area (Å²) < 4.78 is 8.89. The number of phenolic OH excluding ortho intramolecular Hbond substituents is 2. The van der Waals surface area contributed by atoms with Crippen LogP contribution in [-0.4, -0.2) is 41.5 Å². The summed E-state index contributed by atoms with van der Waals surface area (Å²) >= 11 is 0. The Labute approximate surface area is 145 Å². The monoisotopic (exact) mass is 348 g/mol. The van der Waals surface area contributed by atoms with Gasteiger partial charge in [-0.3, -0.25) is 0 Å². The lowest BCUT2D eigenvalue weighted by molar-refractivity contribution is 0.0588. The number of phenols is 2. The summed E-state index contributed by atoms with van der Waals surface area (Å²) in [5, 5.41) is 27.3. The van der Waals surface area contributed by atoms with E-state index in [1.807, 2.05) is 6.92 Å². The molecule has 134 valence electrons. The van der Waals surface area contributed by atoms with Crippen LogP contribution in [0.4, 0.5) is 0 Å². The standard InChI is InChI=1S/C9H10O4.C9H10O3/c1-13-9(12)7-3-2-6(5-10)4-8(7)11;1-6-3-4-7(8(10)5-6)9(11)12-2/h2-4,10-11H,5H2,1H3;3-5,10H,1-2H3. The van der Waals surface area contributed by atoms with Gasteiger partial charge >= 0.3 is 11.9 Å². The highest BCUT2D eigenvalue weighted by atomic mass is 16.5. The van der Waals surface area contributed by atoms with Crippen LogP contribution in [-0.2, 0) is 16.1 Å². The second-order valence-electron chi connectivity index (χ2n) is 5.01. The lowest BCUT2D eigenvalue weighted by Crippen LogP contribution is -2.01. The topological polar surface area (TPSA) is 113 Å². The molecule has 2 rings (SSSR count). The Morgan fingerprint density at radius 3 is 1.76 bits per heavy atom. The third-order valence-electron chi connectivity index (χ3n) is 3.21. The first-order valence-corrected chi connectivity index (χ1v) is 7.23. The van der Waals surface area contributed by atoms with Gasteiger partial charge in [0.05, 0.1) is 20.8 Å². The van der Waals surface area contributed by atoms with Gasteiger partial charge in [-0.25, -0.2) is 9.59 Å². The van der Waals surface area contributed by atoms with Gasteiger partial charge < -0.3 is 24.8 Å². The summed E-state index contributed by atoms with van der Waals surface area (Å²) in [4.78, 5) is 22.0. The predicted molar refractivity (Wildman–Crippen MR) is 89.6 cm³/mol. The third-order valence-corrected chi connectivity index (χ3v) is 3.21. The minimum Gasteiger partial charge on any atom is -0.507 e. The van der Waals surface area contributed by atoms with Crippen molar-refractivity contribution in [3.63, 3.8) is 0 Å². The highest BCUT2D eigenvalue weighted by molar-refractivity contribution is 5.92. The van der Waals surface area contributed by atoms with E-state index in [-0.39, 0.29) is 29.2 Å². The molecule has 3 N–H and O–H groups in total. The van der Waals surface area contributed by atoms with Crippen LogP contribution in [0.2, 0.25) is 0 Å². The van der Waals surface area contributed by atoms with Crippen molar-refractivity contribution in [2.45, 2.75) is 13.5 Å². The lowest BCUT2D eigenvalue weighted by atomic mass is 10.1. The molecule has 0 amide bonds. The average Bonchev–Trinajstić information content (AvgIpc) is 2.60. The van der Waals surface area contributed by atoms with Crippen molar-refractivity contribution in [2.24, 2.45) is 0 Å². The first-order chi connectivity index (χ1) is 11.8. The molecule has 7 heteroatoms. The first kappa shape index (κ1) is 20.0. The highest BCUT2D eigenvalue weighted by Crippen LogP contribution is 2.20. The first-order valence-electron chi connectivity index (χ1n) is 7.23. The van der Waals surface area contributed by atoms with E-state index in [1.165, 1.54) is 38.5 Å². The molecule has 0 heterocycles. The zero-order chi connectivity index (χ0) is 19.0. The Bertz CT molecular complexity index is 753. The quantitative estimate of drug-likeness (QED) is 0.728. The number of aliphatic hydroxyl groups excluding tert-OH is 1. The molecule has 0 radical (unpaired) electrons. The Kier molecular flexibility index (Phi) is 7.43. The van der Waals surface area contributed by atoms with Crippen LogP contribution in [0.3, 0.4) is 0 Å². The molecule has 0 aliphatic rings. The number of hydrogen-bond donors (Lipinski definition) is 3. The van der Waals surface area contributed by atoms with E-state index in [2.05, 4.69) is 9.47 Å². The van der Waals surface area contributed by atoms with Gasteiger partial charge in [-0.2, -0.15) is 0 Å². The van der Waals surface area contributed by atoms with Crippen molar-refractivity contribution in [3.05, 3.63) is 58.7 Å². The van der Waals surface area contributed by atoms with Crippen LogP contribution in [0, 0.1) is 6.92 Å². The molecule has 0 fully saturated rings. The summed E-state index contributed by atoms with van der Waals surface area (Å²) in [5.74, 6) is -1.34. The summed E-state index contributed by atoms with van der Waals surface area (Å²) in [5.41, 5.74) is 1.74. The van der Waals surface area contributed by atoms with E-state index in [9.17, 15) is 19.8 Å². The number of methoxy groups -OCH3 is 2. The van der Waals surface area contributed by atoms with E-state index in [0.29, 0.717) is 5.56 Å². The number of hydrogen-bond acceptors (Lipinski definition) is 7. The van der Waals surface area contributed by atoms with Gasteiger partial charge in [0.15, 0.2) is 0 Å². The van der Waals surface area contributed by atoms with E-state index in [0.717, 1.165) is 5.56 Å². The molecule has 0 bridgehead atoms. The van der Waals surface area contributed by atoms with Crippen LogP contribution < -0.4 is 0 Å². The molecule has 0 aliphatic carbocycles. The molecule has 2 aromatic rings. The van der Waals surface area contributed by atoms with E-state index in [4.69, 9.17) is 5.11 Å². The molecule has 0 aromatic heterocycles. The molecule has 0 unspecified atom stereocenters. The summed E-state index contributed by atoms with van der Waals surface area (Å²) in [6.07, 6.45) is 0. The van der Waals surface area contributed by atoms with Gasteiger partial charge in [0.1, 0.15) is 22.6 Å². The zero-order valence-corrected chi connectivity index (χ0v) is 14.1. The number of aryl methyl sites for hydroxylation is 1. The van der Waals surface area contributed by atoms with Crippen LogP contribution in [0.15, 0.2) is 36.4 Å². The summed E-state index contributed by atoms with van der Waals surface area (Å²) in [6.45, 7) is 1.66. The largest absolute Gasteiger partial charge is 0.507 e. The van der Waals surface area contributed by atoms with E-state index in [1.54, 1.807) is 12.1 Å². The van der Waals surface area contributed by atoms with Gasteiger partial charge in [0, 0.05) is 0 Å². The van der Waals surface area contributed by atoms with Crippen molar-refractivity contribution in [3.8, 4) is 11.5 Å². The van der Waals surface area contributed by atoms with Crippen molar-refractivity contribution >= 4 is 11.9 Å². The van der Waals surface area contributed by atoms with E-state index >= 15 is 0 Å². The van der Waals surface area contributed by atoms with Crippen LogP contribution >= 0.6 is 0 Å². The molecule has 25 heavy (non-hydrogen) atoms. The number of rotatable bonds is 3. The molecule has 0 saturated carbocycles. The molecule has 0 spiro atoms. The zero-order valence-electron chi connectivity index (χ0n) is 14.1. The molecular weight excluding hydrogens is 328 g/mol. The van der Waals surface area contributed by atoms with Crippen molar-refractivity contribution in [1.29, 1.82) is 0 Å². The third kappa shape index (κ3) is 5.50. The second kappa shape index (κ2) is 9.29. The maximum absolute atomic E-state index is 11.0. The Hall–Kier alpha value is -3.06. The number of carbonyl (C=O) groups is 2. The molecule has 7 nitrogen and oxygen atoms in total. The van der Waals surface area contributed by atoms with Crippen LogP contribution in [0.5, 0.6) is 11.5 Å². The lowest BCUT2D eigenvalue weighted by Gasteiger charge is -2.03. The summed E-state index contributed by atoms with van der Waals surface area (Å²) in [7, 11) is 2.52. The van der Waals surface area contributed by atoms with Crippen LogP contribution in [0.1, 0.15) is 31.8 Å². The number of carbonyl (C=O) groups excluding carboxylic acids is 2. The Morgan fingerprint density at radius 2 is 1.36 bits per heavy atom.